The number of nitrogens with one attached hydrogen (secondary N) is 1. The van der Waals surface area contributed by atoms with Crippen LogP contribution in [0.3, 0.4) is 0 Å². The molecule has 1 fully saturated rings. The molecular weight excluding hydrogens is 392 g/mol. The summed E-state index contributed by atoms with van der Waals surface area (Å²) in [6, 6.07) is 19.5. The largest absolute Gasteiger partial charge is 0.356 e. The SMILES string of the molecule is CC(C)(C)C(Cc1ccccc1)C(=O)NCCCN1CCC2(CCc3ccccc32)CC1. The summed E-state index contributed by atoms with van der Waals surface area (Å²) in [6.07, 6.45) is 6.95. The van der Waals surface area contributed by atoms with Crippen LogP contribution >= 0.6 is 0 Å². The highest BCUT2D eigenvalue weighted by molar-refractivity contribution is 5.79. The molecule has 1 saturated heterocycles. The molecule has 1 N–H and O–H groups in total. The van der Waals surface area contributed by atoms with E-state index in [2.05, 4.69) is 79.5 Å². The van der Waals surface area contributed by atoms with Crippen LogP contribution in [-0.4, -0.2) is 37.0 Å². The van der Waals surface area contributed by atoms with Gasteiger partial charge in [0.15, 0.2) is 0 Å². The van der Waals surface area contributed by atoms with Crippen molar-refractivity contribution in [2.75, 3.05) is 26.2 Å². The van der Waals surface area contributed by atoms with Crippen LogP contribution < -0.4 is 5.32 Å². The van der Waals surface area contributed by atoms with Crippen LogP contribution in [0.2, 0.25) is 0 Å². The van der Waals surface area contributed by atoms with E-state index in [1.54, 1.807) is 11.1 Å². The molecule has 1 aliphatic carbocycles. The van der Waals surface area contributed by atoms with Crippen LogP contribution in [0.15, 0.2) is 54.6 Å². The molecule has 4 rings (SSSR count). The molecule has 0 bridgehead atoms. The number of nitrogens with zero attached hydrogens (tertiary/aromatic N) is 1. The van der Waals surface area contributed by atoms with E-state index in [4.69, 9.17) is 0 Å². The Bertz CT molecular complexity index is 891. The van der Waals surface area contributed by atoms with Crippen molar-refractivity contribution in [2.45, 2.75) is 64.7 Å². The van der Waals surface area contributed by atoms with Crippen LogP contribution in [0.4, 0.5) is 0 Å². The van der Waals surface area contributed by atoms with Crippen molar-refractivity contribution in [3.8, 4) is 0 Å². The van der Waals surface area contributed by atoms with Crippen LogP contribution in [0.25, 0.3) is 0 Å². The van der Waals surface area contributed by atoms with Gasteiger partial charge < -0.3 is 10.2 Å². The minimum atomic E-state index is -0.0569. The number of rotatable bonds is 7. The lowest BCUT2D eigenvalue weighted by atomic mass is 9.74. The molecule has 0 aromatic heterocycles. The Kier molecular flexibility index (Phi) is 7.05. The highest BCUT2D eigenvalue weighted by Gasteiger charge is 2.40. The quantitative estimate of drug-likeness (QED) is 0.596. The fourth-order valence-corrected chi connectivity index (χ4v) is 5.77. The number of likely N-dealkylation sites (tertiary alicyclic amines) is 1. The third-order valence-corrected chi connectivity index (χ3v) is 7.87. The molecule has 0 saturated carbocycles. The molecule has 1 heterocycles. The van der Waals surface area contributed by atoms with Crippen LogP contribution in [0.1, 0.15) is 63.1 Å². The predicted octanol–water partition coefficient (Wildman–Crippen LogP) is 5.38. The standard InChI is InChI=1S/C29H40N2O/c1-28(2,3)26(22-23-10-5-4-6-11-23)27(32)30-18-9-19-31-20-16-29(17-21-31)15-14-24-12-7-8-13-25(24)29/h4-8,10-13,26H,9,14-22H2,1-3H3,(H,30,32). The molecule has 3 nitrogen and oxygen atoms in total. The third-order valence-electron chi connectivity index (χ3n) is 7.87. The van der Waals surface area contributed by atoms with Crippen molar-refractivity contribution < 1.29 is 4.79 Å². The minimum absolute atomic E-state index is 0.0119. The molecule has 1 atom stereocenters. The second-order valence-electron chi connectivity index (χ2n) is 11.0. The minimum Gasteiger partial charge on any atom is -0.356 e. The second-order valence-corrected chi connectivity index (χ2v) is 11.0. The number of amides is 1. The average molecular weight is 433 g/mol. The zero-order valence-corrected chi connectivity index (χ0v) is 20.2. The maximum Gasteiger partial charge on any atom is 0.223 e. The van der Waals surface area contributed by atoms with Gasteiger partial charge in [0.1, 0.15) is 0 Å². The van der Waals surface area contributed by atoms with Gasteiger partial charge in [0.25, 0.3) is 0 Å². The van der Waals surface area contributed by atoms with Gasteiger partial charge in [-0.05, 0) is 85.7 Å². The number of fused-ring (bicyclic) bond motifs is 2. The first kappa shape index (κ1) is 23.0. The van der Waals surface area contributed by atoms with E-state index in [1.807, 2.05) is 6.07 Å². The first-order chi connectivity index (χ1) is 15.4. The number of piperidine rings is 1. The zero-order valence-electron chi connectivity index (χ0n) is 20.2. The number of aryl methyl sites for hydroxylation is 1. The van der Waals surface area contributed by atoms with Crippen molar-refractivity contribution >= 4 is 5.91 Å². The number of carbonyl (C=O) groups is 1. The van der Waals surface area contributed by atoms with Gasteiger partial charge in [0.2, 0.25) is 5.91 Å². The van der Waals surface area contributed by atoms with Crippen molar-refractivity contribution in [1.29, 1.82) is 0 Å². The molecule has 2 aromatic rings. The topological polar surface area (TPSA) is 32.3 Å². The fourth-order valence-electron chi connectivity index (χ4n) is 5.77. The van der Waals surface area contributed by atoms with Gasteiger partial charge in [-0.25, -0.2) is 0 Å². The smallest absolute Gasteiger partial charge is 0.223 e. The van der Waals surface area contributed by atoms with E-state index in [1.165, 1.54) is 44.3 Å². The molecule has 2 aromatic carbocycles. The van der Waals surface area contributed by atoms with Gasteiger partial charge in [0, 0.05) is 12.5 Å². The Hall–Kier alpha value is -2.13. The highest BCUT2D eigenvalue weighted by atomic mass is 16.1. The van der Waals surface area contributed by atoms with E-state index in [0.717, 1.165) is 25.9 Å². The van der Waals surface area contributed by atoms with Gasteiger partial charge in [-0.3, -0.25) is 4.79 Å². The second kappa shape index (κ2) is 9.79. The highest BCUT2D eigenvalue weighted by Crippen LogP contribution is 2.46. The zero-order chi connectivity index (χ0) is 22.6. The van der Waals surface area contributed by atoms with Gasteiger partial charge in [-0.2, -0.15) is 0 Å². The van der Waals surface area contributed by atoms with E-state index in [9.17, 15) is 4.79 Å². The van der Waals surface area contributed by atoms with Crippen LogP contribution in [-0.2, 0) is 23.1 Å². The Morgan fingerprint density at radius 2 is 1.69 bits per heavy atom. The summed E-state index contributed by atoms with van der Waals surface area (Å²) in [5.41, 5.74) is 4.81. The summed E-state index contributed by atoms with van der Waals surface area (Å²) < 4.78 is 0. The van der Waals surface area contributed by atoms with E-state index in [0.29, 0.717) is 5.41 Å². The van der Waals surface area contributed by atoms with Crippen molar-refractivity contribution in [3.63, 3.8) is 0 Å². The van der Waals surface area contributed by atoms with E-state index in [-0.39, 0.29) is 17.2 Å². The van der Waals surface area contributed by atoms with Crippen molar-refractivity contribution in [2.24, 2.45) is 11.3 Å². The Balaban J connectivity index is 1.22. The normalized spacial score (nSPS) is 19.0. The summed E-state index contributed by atoms with van der Waals surface area (Å²) in [7, 11) is 0. The molecular formula is C29H40N2O. The van der Waals surface area contributed by atoms with Gasteiger partial charge in [0.05, 0.1) is 0 Å². The molecule has 2 aliphatic rings. The summed E-state index contributed by atoms with van der Waals surface area (Å²) in [6.45, 7) is 10.7. The average Bonchev–Trinajstić information content (AvgIpc) is 3.14. The number of benzene rings is 2. The number of hydrogen-bond acceptors (Lipinski definition) is 2. The first-order valence-electron chi connectivity index (χ1n) is 12.5. The lowest BCUT2D eigenvalue weighted by molar-refractivity contribution is -0.128. The molecule has 1 aliphatic heterocycles. The van der Waals surface area contributed by atoms with Gasteiger partial charge >= 0.3 is 0 Å². The molecule has 3 heteroatoms. The number of hydrogen-bond donors (Lipinski definition) is 1. The summed E-state index contributed by atoms with van der Waals surface area (Å²) in [5.74, 6) is 0.184. The molecule has 1 amide bonds. The predicted molar refractivity (Wildman–Crippen MR) is 133 cm³/mol. The molecule has 0 radical (unpaired) electrons. The monoisotopic (exact) mass is 432 g/mol. The summed E-state index contributed by atoms with van der Waals surface area (Å²) in [5, 5.41) is 3.25. The lowest BCUT2D eigenvalue weighted by Gasteiger charge is -2.40. The fraction of sp³-hybridized carbons (Fsp3) is 0.552. The van der Waals surface area contributed by atoms with Gasteiger partial charge in [-0.15, -0.1) is 0 Å². The molecule has 1 spiro atoms. The van der Waals surface area contributed by atoms with Crippen molar-refractivity contribution in [1.82, 2.24) is 10.2 Å². The van der Waals surface area contributed by atoms with E-state index >= 15 is 0 Å². The summed E-state index contributed by atoms with van der Waals surface area (Å²) >= 11 is 0. The maximum absolute atomic E-state index is 13.0. The Morgan fingerprint density at radius 1 is 1.00 bits per heavy atom. The van der Waals surface area contributed by atoms with E-state index < -0.39 is 0 Å². The summed E-state index contributed by atoms with van der Waals surface area (Å²) in [4.78, 5) is 15.6. The van der Waals surface area contributed by atoms with Gasteiger partial charge in [-0.1, -0.05) is 75.4 Å². The maximum atomic E-state index is 13.0. The molecule has 32 heavy (non-hydrogen) atoms. The van der Waals surface area contributed by atoms with Crippen molar-refractivity contribution in [3.05, 3.63) is 71.3 Å². The Labute approximate surface area is 194 Å². The number of carbonyl (C=O) groups excluding carboxylic acids is 1. The van der Waals surface area contributed by atoms with Crippen LogP contribution in [0, 0.1) is 11.3 Å². The molecule has 1 unspecified atom stereocenters. The Morgan fingerprint density at radius 3 is 2.41 bits per heavy atom. The molecule has 172 valence electrons. The first-order valence-corrected chi connectivity index (χ1v) is 12.5. The third kappa shape index (κ3) is 5.26. The lowest BCUT2D eigenvalue weighted by Crippen LogP contribution is -2.43. The van der Waals surface area contributed by atoms with Crippen LogP contribution in [0.5, 0.6) is 0 Å².